The fraction of sp³-hybridized carbons (Fsp3) is 0.278. The van der Waals surface area contributed by atoms with Crippen LogP contribution >= 0.6 is 0 Å². The zero-order valence-corrected chi connectivity index (χ0v) is 14.2. The summed E-state index contributed by atoms with van der Waals surface area (Å²) >= 11 is 0. The number of nitrogens with one attached hydrogen (secondary N) is 1. The van der Waals surface area contributed by atoms with Gasteiger partial charge in [-0.2, -0.15) is 0 Å². The lowest BCUT2D eigenvalue weighted by atomic mass is 10.2. The van der Waals surface area contributed by atoms with Gasteiger partial charge in [0.25, 0.3) is 0 Å². The summed E-state index contributed by atoms with van der Waals surface area (Å²) in [7, 11) is 1.56. The largest absolute Gasteiger partial charge is 0.489 e. The number of nitrogens with zero attached hydrogens (tertiary/aromatic N) is 2. The normalized spacial score (nSPS) is 11.4. The average Bonchev–Trinajstić information content (AvgIpc) is 2.61. The van der Waals surface area contributed by atoms with Gasteiger partial charge in [-0.3, -0.25) is 9.78 Å². The van der Waals surface area contributed by atoms with E-state index in [9.17, 15) is 9.59 Å². The van der Waals surface area contributed by atoms with Crippen LogP contribution in [0.3, 0.4) is 0 Å². The molecule has 7 nitrogen and oxygen atoms in total. The van der Waals surface area contributed by atoms with Gasteiger partial charge in [-0.25, -0.2) is 4.79 Å². The van der Waals surface area contributed by atoms with E-state index in [0.717, 1.165) is 5.56 Å². The number of hydrogen-bond acceptors (Lipinski definition) is 4. The van der Waals surface area contributed by atoms with Crippen LogP contribution in [0, 0.1) is 5.92 Å². The molecule has 0 spiro atoms. The summed E-state index contributed by atoms with van der Waals surface area (Å²) in [4.78, 5) is 28.2. The van der Waals surface area contributed by atoms with E-state index < -0.39 is 11.9 Å². The molecule has 1 aromatic carbocycles. The van der Waals surface area contributed by atoms with Gasteiger partial charge in [0.15, 0.2) is 0 Å². The Morgan fingerprint density at radius 2 is 1.84 bits per heavy atom. The molecule has 1 atom stereocenters. The van der Waals surface area contributed by atoms with Crippen molar-refractivity contribution >= 4 is 17.7 Å². The van der Waals surface area contributed by atoms with E-state index in [2.05, 4.69) is 10.3 Å². The fourth-order valence-corrected chi connectivity index (χ4v) is 2.07. The first kappa shape index (κ1) is 18.3. The van der Waals surface area contributed by atoms with E-state index in [4.69, 9.17) is 9.84 Å². The summed E-state index contributed by atoms with van der Waals surface area (Å²) in [6.07, 6.45) is 3.41. The highest BCUT2D eigenvalue weighted by molar-refractivity contribution is 5.89. The Morgan fingerprint density at radius 3 is 2.44 bits per heavy atom. The van der Waals surface area contributed by atoms with Crippen molar-refractivity contribution in [3.8, 4) is 5.75 Å². The highest BCUT2D eigenvalue weighted by Crippen LogP contribution is 2.17. The SMILES string of the molecule is CC(CN(C)C(=O)Nc1ccc(OCc2ccncc2)cc1)C(=O)O. The molecule has 1 aromatic heterocycles. The molecule has 0 aliphatic heterocycles. The monoisotopic (exact) mass is 343 g/mol. The molecular weight excluding hydrogens is 322 g/mol. The maximum absolute atomic E-state index is 12.1. The molecular formula is C18H21N3O4. The Morgan fingerprint density at radius 1 is 1.20 bits per heavy atom. The summed E-state index contributed by atoms with van der Waals surface area (Å²) in [5, 5.41) is 11.6. The number of anilines is 1. The van der Waals surface area contributed by atoms with Gasteiger partial charge in [0.1, 0.15) is 12.4 Å². The first-order valence-corrected chi connectivity index (χ1v) is 7.82. The van der Waals surface area contributed by atoms with Gasteiger partial charge in [-0.05, 0) is 42.0 Å². The fourth-order valence-electron chi connectivity index (χ4n) is 2.07. The van der Waals surface area contributed by atoms with Crippen LogP contribution in [0.1, 0.15) is 12.5 Å². The smallest absolute Gasteiger partial charge is 0.321 e. The predicted octanol–water partition coefficient (Wildman–Crippen LogP) is 2.85. The maximum Gasteiger partial charge on any atom is 0.321 e. The second-order valence-electron chi connectivity index (χ2n) is 5.72. The highest BCUT2D eigenvalue weighted by atomic mass is 16.5. The number of pyridine rings is 1. The van der Waals surface area contributed by atoms with Crippen molar-refractivity contribution in [3.63, 3.8) is 0 Å². The van der Waals surface area contributed by atoms with Gasteiger partial charge in [-0.15, -0.1) is 0 Å². The number of benzene rings is 1. The summed E-state index contributed by atoms with van der Waals surface area (Å²) in [5.74, 6) is -0.877. The zero-order valence-electron chi connectivity index (χ0n) is 14.2. The second-order valence-corrected chi connectivity index (χ2v) is 5.72. The van der Waals surface area contributed by atoms with Crippen molar-refractivity contribution < 1.29 is 19.4 Å². The van der Waals surface area contributed by atoms with Crippen LogP contribution < -0.4 is 10.1 Å². The molecule has 0 bridgehead atoms. The van der Waals surface area contributed by atoms with E-state index in [1.54, 1.807) is 50.6 Å². The van der Waals surface area contributed by atoms with Crippen LogP contribution in [0.5, 0.6) is 5.75 Å². The maximum atomic E-state index is 12.1. The number of hydrogen-bond donors (Lipinski definition) is 2. The zero-order chi connectivity index (χ0) is 18.2. The molecule has 2 aromatic rings. The van der Waals surface area contributed by atoms with Gasteiger partial charge in [0.05, 0.1) is 5.92 Å². The van der Waals surface area contributed by atoms with Crippen LogP contribution in [0.4, 0.5) is 10.5 Å². The Balaban J connectivity index is 1.85. The van der Waals surface area contributed by atoms with Gasteiger partial charge in [0, 0.05) is 31.7 Å². The number of amides is 2. The minimum absolute atomic E-state index is 0.133. The number of carboxylic acids is 1. The van der Waals surface area contributed by atoms with Gasteiger partial charge in [0.2, 0.25) is 0 Å². The molecule has 0 radical (unpaired) electrons. The lowest BCUT2D eigenvalue weighted by Crippen LogP contribution is -2.36. The van der Waals surface area contributed by atoms with Crippen molar-refractivity contribution in [2.75, 3.05) is 18.9 Å². The second kappa shape index (κ2) is 8.68. The van der Waals surface area contributed by atoms with Crippen LogP contribution in [-0.2, 0) is 11.4 Å². The van der Waals surface area contributed by atoms with E-state index in [-0.39, 0.29) is 12.6 Å². The summed E-state index contributed by atoms with van der Waals surface area (Å²) in [6.45, 7) is 2.12. The number of carboxylic acid groups (broad SMARTS) is 1. The van der Waals surface area contributed by atoms with Crippen molar-refractivity contribution in [2.45, 2.75) is 13.5 Å². The number of carbonyl (C=O) groups excluding carboxylic acids is 1. The van der Waals surface area contributed by atoms with Gasteiger partial charge >= 0.3 is 12.0 Å². The number of aliphatic carboxylic acids is 1. The topological polar surface area (TPSA) is 91.8 Å². The molecule has 0 saturated carbocycles. The van der Waals surface area contributed by atoms with E-state index in [1.165, 1.54) is 4.90 Å². The third-order valence-corrected chi connectivity index (χ3v) is 3.58. The van der Waals surface area contributed by atoms with Gasteiger partial charge < -0.3 is 20.1 Å². The van der Waals surface area contributed by atoms with Gasteiger partial charge in [-0.1, -0.05) is 6.92 Å². The molecule has 7 heteroatoms. The van der Waals surface area contributed by atoms with Crippen molar-refractivity contribution in [1.82, 2.24) is 9.88 Å². The third kappa shape index (κ3) is 5.80. The van der Waals surface area contributed by atoms with Crippen LogP contribution in [0.2, 0.25) is 0 Å². The minimum Gasteiger partial charge on any atom is -0.489 e. The molecule has 0 aliphatic carbocycles. The molecule has 1 heterocycles. The summed E-state index contributed by atoms with van der Waals surface area (Å²) < 4.78 is 5.66. The lowest BCUT2D eigenvalue weighted by Gasteiger charge is -2.20. The Hall–Kier alpha value is -3.09. The average molecular weight is 343 g/mol. The molecule has 0 fully saturated rings. The standard InChI is InChI=1S/C18H21N3O4/c1-13(17(22)23)11-21(2)18(24)20-15-3-5-16(6-4-15)25-12-14-7-9-19-10-8-14/h3-10,13H,11-12H2,1-2H3,(H,20,24)(H,22,23). The predicted molar refractivity (Wildman–Crippen MR) is 93.5 cm³/mol. The number of carbonyl (C=O) groups is 2. The van der Waals surface area contributed by atoms with Crippen molar-refractivity contribution in [1.29, 1.82) is 0 Å². The molecule has 1 unspecified atom stereocenters. The van der Waals surface area contributed by atoms with Crippen LogP contribution in [0.15, 0.2) is 48.8 Å². The van der Waals surface area contributed by atoms with Crippen LogP contribution in [0.25, 0.3) is 0 Å². The number of aromatic nitrogens is 1. The number of urea groups is 1. The molecule has 0 aliphatic rings. The quantitative estimate of drug-likeness (QED) is 0.806. The van der Waals surface area contributed by atoms with Crippen molar-refractivity contribution in [3.05, 3.63) is 54.4 Å². The summed E-state index contributed by atoms with van der Waals surface area (Å²) in [6, 6.07) is 10.4. The number of rotatable bonds is 7. The Kier molecular flexibility index (Phi) is 6.33. The Labute approximate surface area is 146 Å². The van der Waals surface area contributed by atoms with Crippen LogP contribution in [-0.4, -0.2) is 40.6 Å². The minimum atomic E-state index is -0.935. The number of ether oxygens (including phenoxy) is 1. The molecule has 2 N–H and O–H groups in total. The molecule has 25 heavy (non-hydrogen) atoms. The molecule has 132 valence electrons. The third-order valence-electron chi connectivity index (χ3n) is 3.58. The Bertz CT molecular complexity index is 704. The van der Waals surface area contributed by atoms with E-state index in [1.807, 2.05) is 12.1 Å². The van der Waals surface area contributed by atoms with E-state index >= 15 is 0 Å². The molecule has 0 saturated heterocycles. The lowest BCUT2D eigenvalue weighted by molar-refractivity contribution is -0.141. The molecule has 2 amide bonds. The first-order chi connectivity index (χ1) is 12.0. The molecule has 2 rings (SSSR count). The van der Waals surface area contributed by atoms with E-state index in [0.29, 0.717) is 18.0 Å². The first-order valence-electron chi connectivity index (χ1n) is 7.82. The highest BCUT2D eigenvalue weighted by Gasteiger charge is 2.17. The van der Waals surface area contributed by atoms with Crippen molar-refractivity contribution in [2.24, 2.45) is 5.92 Å². The summed E-state index contributed by atoms with van der Waals surface area (Å²) in [5.41, 5.74) is 1.62.